The first-order valence-corrected chi connectivity index (χ1v) is 10.6. The predicted molar refractivity (Wildman–Crippen MR) is 118 cm³/mol. The lowest BCUT2D eigenvalue weighted by Gasteiger charge is -2.34. The van der Waals surface area contributed by atoms with Crippen LogP contribution in [0, 0.1) is 29.1 Å². The van der Waals surface area contributed by atoms with Crippen LogP contribution in [0.4, 0.5) is 5.69 Å². The number of fused-ring (bicyclic) bond motifs is 1. The number of benzene rings is 2. The van der Waals surface area contributed by atoms with Gasteiger partial charge in [0, 0.05) is 11.6 Å². The van der Waals surface area contributed by atoms with Gasteiger partial charge in [-0.15, -0.1) is 0 Å². The number of hydrogen-bond donors (Lipinski definition) is 2. The summed E-state index contributed by atoms with van der Waals surface area (Å²) in [6, 6.07) is 14.0. The first-order chi connectivity index (χ1) is 15.6. The molecule has 2 aromatic carbocycles. The number of rotatable bonds is 5. The molecule has 2 saturated heterocycles. The van der Waals surface area contributed by atoms with Gasteiger partial charge in [0.05, 0.1) is 29.2 Å². The summed E-state index contributed by atoms with van der Waals surface area (Å²) in [6.07, 6.45) is 0. The maximum atomic E-state index is 13.6. The van der Waals surface area contributed by atoms with Gasteiger partial charge in [0.25, 0.3) is 0 Å². The molecule has 33 heavy (non-hydrogen) atoms. The molecule has 4 atom stereocenters. The van der Waals surface area contributed by atoms with Gasteiger partial charge in [-0.25, -0.2) is 4.90 Å². The number of carbonyl (C=O) groups is 4. The monoisotopic (exact) mass is 445 g/mol. The van der Waals surface area contributed by atoms with Crippen molar-refractivity contribution < 1.29 is 24.3 Å². The van der Waals surface area contributed by atoms with Gasteiger partial charge in [0.1, 0.15) is 5.54 Å². The molecule has 0 spiro atoms. The van der Waals surface area contributed by atoms with E-state index in [1.807, 2.05) is 0 Å². The SMILES string of the molecule is CC(=O)c1ccc(N2C(=O)C3C(c4cccc(C#N)c4)NC(C(=O)O)(C(C)C)C3C2=O)cc1. The van der Waals surface area contributed by atoms with E-state index in [9.17, 15) is 29.5 Å². The number of imide groups is 1. The van der Waals surface area contributed by atoms with Crippen molar-refractivity contribution in [3.8, 4) is 6.07 Å². The quantitative estimate of drug-likeness (QED) is 0.535. The van der Waals surface area contributed by atoms with Crippen molar-refractivity contribution in [2.24, 2.45) is 17.8 Å². The van der Waals surface area contributed by atoms with Crippen molar-refractivity contribution in [1.82, 2.24) is 5.32 Å². The summed E-state index contributed by atoms with van der Waals surface area (Å²) >= 11 is 0. The molecule has 0 saturated carbocycles. The molecule has 0 bridgehead atoms. The fraction of sp³-hybridized carbons (Fsp3) is 0.320. The molecule has 2 aromatic rings. The van der Waals surface area contributed by atoms with Gasteiger partial charge < -0.3 is 5.11 Å². The lowest BCUT2D eigenvalue weighted by atomic mass is 9.73. The highest BCUT2D eigenvalue weighted by molar-refractivity contribution is 6.24. The van der Waals surface area contributed by atoms with Crippen molar-refractivity contribution in [2.75, 3.05) is 4.90 Å². The van der Waals surface area contributed by atoms with E-state index < -0.39 is 47.1 Å². The number of nitriles is 1. The Hall–Kier alpha value is -3.83. The molecule has 8 nitrogen and oxygen atoms in total. The third-order valence-electron chi connectivity index (χ3n) is 6.77. The molecule has 8 heteroatoms. The van der Waals surface area contributed by atoms with Crippen LogP contribution in [0.5, 0.6) is 0 Å². The Balaban J connectivity index is 1.86. The highest BCUT2D eigenvalue weighted by Crippen LogP contribution is 2.52. The molecule has 2 fully saturated rings. The van der Waals surface area contributed by atoms with Crippen LogP contribution in [0.15, 0.2) is 48.5 Å². The molecule has 0 radical (unpaired) electrons. The molecule has 2 heterocycles. The largest absolute Gasteiger partial charge is 0.480 e. The second-order valence-electron chi connectivity index (χ2n) is 8.81. The van der Waals surface area contributed by atoms with E-state index in [1.54, 1.807) is 38.1 Å². The van der Waals surface area contributed by atoms with Crippen LogP contribution in [0.25, 0.3) is 0 Å². The Morgan fingerprint density at radius 1 is 1.12 bits per heavy atom. The topological polar surface area (TPSA) is 128 Å². The van der Waals surface area contributed by atoms with Crippen LogP contribution in [-0.4, -0.2) is 34.2 Å². The van der Waals surface area contributed by atoms with Crippen molar-refractivity contribution >= 4 is 29.3 Å². The van der Waals surface area contributed by atoms with Crippen LogP contribution >= 0.6 is 0 Å². The zero-order valence-corrected chi connectivity index (χ0v) is 18.4. The van der Waals surface area contributed by atoms with Gasteiger partial charge in [-0.3, -0.25) is 24.5 Å². The molecule has 168 valence electrons. The number of aliphatic carboxylic acids is 1. The van der Waals surface area contributed by atoms with Gasteiger partial charge >= 0.3 is 5.97 Å². The summed E-state index contributed by atoms with van der Waals surface area (Å²) in [5, 5.41) is 22.7. The Morgan fingerprint density at radius 3 is 2.33 bits per heavy atom. The Bertz CT molecular complexity index is 1210. The number of nitrogens with zero attached hydrogens (tertiary/aromatic N) is 2. The third-order valence-corrected chi connectivity index (χ3v) is 6.77. The first-order valence-electron chi connectivity index (χ1n) is 10.6. The molecular formula is C25H23N3O5. The Kier molecular flexibility index (Phi) is 5.38. The van der Waals surface area contributed by atoms with E-state index in [2.05, 4.69) is 11.4 Å². The van der Waals surface area contributed by atoms with Gasteiger partial charge in [0.15, 0.2) is 5.78 Å². The van der Waals surface area contributed by atoms with Crippen LogP contribution in [0.1, 0.15) is 48.3 Å². The minimum absolute atomic E-state index is 0.149. The molecule has 2 aliphatic rings. The van der Waals surface area contributed by atoms with E-state index >= 15 is 0 Å². The van der Waals surface area contributed by atoms with Crippen molar-refractivity contribution in [1.29, 1.82) is 5.26 Å². The number of anilines is 1. The van der Waals surface area contributed by atoms with E-state index in [-0.39, 0.29) is 11.5 Å². The van der Waals surface area contributed by atoms with E-state index in [0.29, 0.717) is 16.7 Å². The smallest absolute Gasteiger partial charge is 0.325 e. The first kappa shape index (κ1) is 22.4. The van der Waals surface area contributed by atoms with Crippen molar-refractivity contribution in [2.45, 2.75) is 32.4 Å². The number of Topliss-reactive ketones (excluding diaryl/α,β-unsaturated/α-hetero) is 1. The third kappa shape index (κ3) is 3.24. The highest BCUT2D eigenvalue weighted by atomic mass is 16.4. The van der Waals surface area contributed by atoms with Crippen LogP contribution in [0.3, 0.4) is 0 Å². The van der Waals surface area contributed by atoms with Crippen LogP contribution in [0.2, 0.25) is 0 Å². The second kappa shape index (κ2) is 7.94. The Labute approximate surface area is 190 Å². The zero-order valence-electron chi connectivity index (χ0n) is 18.4. The van der Waals surface area contributed by atoms with Crippen molar-refractivity contribution in [3.63, 3.8) is 0 Å². The maximum Gasteiger partial charge on any atom is 0.325 e. The standard InChI is InChI=1S/C25H23N3O5/c1-13(2)25(24(32)33)20-19(21(27-25)17-6-4-5-15(11-17)12-26)22(30)28(23(20)31)18-9-7-16(8-10-18)14(3)29/h4-11,13,19-21,27H,1-3H3,(H,32,33). The maximum absolute atomic E-state index is 13.6. The molecule has 2 amide bonds. The van der Waals surface area contributed by atoms with Gasteiger partial charge in [-0.05, 0) is 54.8 Å². The van der Waals surface area contributed by atoms with E-state index in [4.69, 9.17) is 0 Å². The zero-order chi connectivity index (χ0) is 24.1. The fourth-order valence-electron chi connectivity index (χ4n) is 5.10. The van der Waals surface area contributed by atoms with Crippen molar-refractivity contribution in [3.05, 3.63) is 65.2 Å². The summed E-state index contributed by atoms with van der Waals surface area (Å²) < 4.78 is 0. The highest BCUT2D eigenvalue weighted by Gasteiger charge is 2.69. The lowest BCUT2D eigenvalue weighted by molar-refractivity contribution is -0.151. The molecule has 0 aliphatic carbocycles. The fourth-order valence-corrected chi connectivity index (χ4v) is 5.10. The second-order valence-corrected chi connectivity index (χ2v) is 8.81. The minimum Gasteiger partial charge on any atom is -0.480 e. The van der Waals surface area contributed by atoms with Crippen LogP contribution < -0.4 is 10.2 Å². The summed E-state index contributed by atoms with van der Waals surface area (Å²) in [7, 11) is 0. The molecule has 4 rings (SSSR count). The number of ketones is 1. The summed E-state index contributed by atoms with van der Waals surface area (Å²) in [5.41, 5.74) is 0.00285. The van der Waals surface area contributed by atoms with E-state index in [1.165, 1.54) is 31.2 Å². The van der Waals surface area contributed by atoms with Gasteiger partial charge in [0.2, 0.25) is 11.8 Å². The molecule has 0 aromatic heterocycles. The average molecular weight is 445 g/mol. The Morgan fingerprint density at radius 2 is 1.79 bits per heavy atom. The normalized spacial score (nSPS) is 26.4. The number of carbonyl (C=O) groups excluding carboxylic acids is 3. The number of amides is 2. The molecule has 4 unspecified atom stereocenters. The lowest BCUT2D eigenvalue weighted by Crippen LogP contribution is -2.59. The summed E-state index contributed by atoms with van der Waals surface area (Å²) in [5.74, 6) is -5.07. The summed E-state index contributed by atoms with van der Waals surface area (Å²) in [6.45, 7) is 4.82. The van der Waals surface area contributed by atoms with Gasteiger partial charge in [-0.1, -0.05) is 26.0 Å². The molecule has 2 N–H and O–H groups in total. The number of carboxylic acid groups (broad SMARTS) is 1. The number of carboxylic acids is 1. The number of nitrogens with one attached hydrogen (secondary N) is 1. The summed E-state index contributed by atoms with van der Waals surface area (Å²) in [4.78, 5) is 52.5. The van der Waals surface area contributed by atoms with Gasteiger partial charge in [-0.2, -0.15) is 5.26 Å². The predicted octanol–water partition coefficient (Wildman–Crippen LogP) is 2.69. The van der Waals surface area contributed by atoms with Crippen LogP contribution in [-0.2, 0) is 14.4 Å². The average Bonchev–Trinajstić information content (AvgIpc) is 3.28. The number of hydrogen-bond acceptors (Lipinski definition) is 6. The minimum atomic E-state index is -1.67. The molecule has 2 aliphatic heterocycles. The molecular weight excluding hydrogens is 422 g/mol. The van der Waals surface area contributed by atoms with E-state index in [0.717, 1.165) is 4.90 Å².